The summed E-state index contributed by atoms with van der Waals surface area (Å²) in [6.45, 7) is 0. The molecule has 0 aliphatic heterocycles. The third-order valence-corrected chi connectivity index (χ3v) is 4.03. The van der Waals surface area contributed by atoms with Crippen molar-refractivity contribution in [1.82, 2.24) is 10.4 Å². The Morgan fingerprint density at radius 2 is 2.41 bits per heavy atom. The molecule has 17 heavy (non-hydrogen) atoms. The van der Waals surface area contributed by atoms with Crippen molar-refractivity contribution in [2.75, 3.05) is 14.2 Å². The van der Waals surface area contributed by atoms with Crippen LogP contribution in [0.4, 0.5) is 4.79 Å². The molecule has 2 rings (SSSR count). The lowest BCUT2D eigenvalue weighted by molar-refractivity contribution is -0.0658. The summed E-state index contributed by atoms with van der Waals surface area (Å²) in [6.07, 6.45) is 1.03. The number of carbonyl (C=O) groups excluding carboxylic acids is 1. The van der Waals surface area contributed by atoms with E-state index in [4.69, 9.17) is 4.84 Å². The summed E-state index contributed by atoms with van der Waals surface area (Å²) < 4.78 is 0. The Kier molecular flexibility index (Phi) is 3.66. The Morgan fingerprint density at radius 3 is 3.12 bits per heavy atom. The van der Waals surface area contributed by atoms with E-state index in [-0.39, 0.29) is 12.1 Å². The molecule has 5 nitrogen and oxygen atoms in total. The van der Waals surface area contributed by atoms with Gasteiger partial charge in [0, 0.05) is 11.9 Å². The van der Waals surface area contributed by atoms with Crippen molar-refractivity contribution in [1.29, 1.82) is 0 Å². The molecule has 1 heterocycles. The second kappa shape index (κ2) is 5.03. The fourth-order valence-electron chi connectivity index (χ4n) is 1.97. The molecule has 6 heteroatoms. The Hall–Kier alpha value is -1.11. The molecule has 0 fully saturated rings. The highest BCUT2D eigenvalue weighted by atomic mass is 32.1. The molecule has 0 aromatic carbocycles. The third kappa shape index (κ3) is 2.43. The molecule has 0 bridgehead atoms. The van der Waals surface area contributed by atoms with Gasteiger partial charge in [0.05, 0.1) is 19.3 Å². The van der Waals surface area contributed by atoms with E-state index >= 15 is 0 Å². The van der Waals surface area contributed by atoms with Crippen molar-refractivity contribution >= 4 is 17.4 Å². The summed E-state index contributed by atoms with van der Waals surface area (Å²) in [7, 11) is 3.00. The van der Waals surface area contributed by atoms with Gasteiger partial charge < -0.3 is 10.4 Å². The number of carbonyl (C=O) groups is 1. The second-order valence-electron chi connectivity index (χ2n) is 4.02. The molecule has 94 valence electrons. The number of hydrogen-bond acceptors (Lipinski definition) is 4. The maximum Gasteiger partial charge on any atom is 0.341 e. The minimum Gasteiger partial charge on any atom is -0.388 e. The van der Waals surface area contributed by atoms with Gasteiger partial charge in [-0.3, -0.25) is 4.84 Å². The summed E-state index contributed by atoms with van der Waals surface area (Å²) in [5.41, 5.74) is 1.02. The molecule has 0 saturated carbocycles. The van der Waals surface area contributed by atoms with Crippen LogP contribution in [0, 0.1) is 0 Å². The molecule has 1 aromatic rings. The number of aliphatic hydroxyl groups is 1. The molecule has 2 N–H and O–H groups in total. The minimum absolute atomic E-state index is 0.0373. The van der Waals surface area contributed by atoms with Gasteiger partial charge in [-0.15, -0.1) is 11.3 Å². The number of nitrogens with one attached hydrogen (secondary N) is 1. The lowest BCUT2D eigenvalue weighted by Gasteiger charge is -2.28. The number of thiophene rings is 1. The van der Waals surface area contributed by atoms with Crippen LogP contribution >= 0.6 is 11.3 Å². The van der Waals surface area contributed by atoms with Crippen molar-refractivity contribution in [3.8, 4) is 0 Å². The summed E-state index contributed by atoms with van der Waals surface area (Å²) in [5, 5.41) is 15.8. The monoisotopic (exact) mass is 256 g/mol. The van der Waals surface area contributed by atoms with Crippen LogP contribution in [0.1, 0.15) is 35.4 Å². The lowest BCUT2D eigenvalue weighted by atomic mass is 9.92. The van der Waals surface area contributed by atoms with Crippen LogP contribution in [0.25, 0.3) is 0 Å². The number of amides is 2. The van der Waals surface area contributed by atoms with Gasteiger partial charge in [-0.05, 0) is 29.9 Å². The quantitative estimate of drug-likeness (QED) is 0.793. The molecule has 1 aromatic heterocycles. The molecule has 1 aliphatic rings. The number of rotatable bonds is 2. The van der Waals surface area contributed by atoms with Gasteiger partial charge in [0.2, 0.25) is 0 Å². The zero-order valence-corrected chi connectivity index (χ0v) is 10.7. The highest BCUT2D eigenvalue weighted by Crippen LogP contribution is 2.39. The van der Waals surface area contributed by atoms with Crippen LogP contribution < -0.4 is 5.32 Å². The van der Waals surface area contributed by atoms with E-state index in [9.17, 15) is 9.90 Å². The van der Waals surface area contributed by atoms with Gasteiger partial charge in [0.15, 0.2) is 0 Å². The first-order valence-electron chi connectivity index (χ1n) is 5.47. The predicted molar refractivity (Wildman–Crippen MR) is 64.6 cm³/mol. The highest BCUT2D eigenvalue weighted by molar-refractivity contribution is 7.10. The van der Waals surface area contributed by atoms with E-state index < -0.39 is 6.10 Å². The molecule has 1 aliphatic carbocycles. The number of fused-ring (bicyclic) bond motifs is 1. The van der Waals surface area contributed by atoms with E-state index in [2.05, 4.69) is 5.32 Å². The Balaban J connectivity index is 2.10. The number of hydrogen-bond donors (Lipinski definition) is 2. The Bertz CT molecular complexity index is 407. The van der Waals surface area contributed by atoms with Crippen molar-refractivity contribution in [2.24, 2.45) is 0 Å². The summed E-state index contributed by atoms with van der Waals surface area (Å²) >= 11 is 1.53. The highest BCUT2D eigenvalue weighted by Gasteiger charge is 2.28. The zero-order valence-electron chi connectivity index (χ0n) is 9.84. The van der Waals surface area contributed by atoms with Crippen LogP contribution in [0.3, 0.4) is 0 Å². The van der Waals surface area contributed by atoms with Crippen molar-refractivity contribution < 1.29 is 14.7 Å². The van der Waals surface area contributed by atoms with E-state index in [1.165, 1.54) is 18.4 Å². The van der Waals surface area contributed by atoms with Gasteiger partial charge in [0.25, 0.3) is 0 Å². The Morgan fingerprint density at radius 1 is 1.65 bits per heavy atom. The van der Waals surface area contributed by atoms with Gasteiger partial charge in [-0.2, -0.15) is 0 Å². The van der Waals surface area contributed by atoms with E-state index in [0.717, 1.165) is 21.9 Å². The first kappa shape index (κ1) is 12.3. The van der Waals surface area contributed by atoms with Crippen LogP contribution in [-0.4, -0.2) is 30.4 Å². The number of nitrogens with zero attached hydrogens (tertiary/aromatic N) is 1. The summed E-state index contributed by atoms with van der Waals surface area (Å²) in [4.78, 5) is 17.5. The minimum atomic E-state index is -0.390. The molecular formula is C11H16N2O3S. The lowest BCUT2D eigenvalue weighted by Crippen LogP contribution is -2.39. The van der Waals surface area contributed by atoms with Gasteiger partial charge in [-0.25, -0.2) is 9.86 Å². The second-order valence-corrected chi connectivity index (χ2v) is 4.96. The standard InChI is InChI=1S/C11H16N2O3S/c1-13(16-2)11(15)12-8-3-4-9(14)10-7(8)5-6-17-10/h5-6,8-9,14H,3-4H2,1-2H3,(H,12,15)/t8-,9+/m1/s1. The van der Waals surface area contributed by atoms with Crippen LogP contribution in [-0.2, 0) is 4.84 Å². The smallest absolute Gasteiger partial charge is 0.341 e. The maximum absolute atomic E-state index is 11.7. The zero-order chi connectivity index (χ0) is 12.4. The van der Waals surface area contributed by atoms with Crippen molar-refractivity contribution in [3.05, 3.63) is 21.9 Å². The topological polar surface area (TPSA) is 61.8 Å². The van der Waals surface area contributed by atoms with Crippen molar-refractivity contribution in [2.45, 2.75) is 25.0 Å². The molecule has 2 atom stereocenters. The Labute approximate surface area is 104 Å². The molecule has 2 amide bonds. The fraction of sp³-hybridized carbons (Fsp3) is 0.545. The number of urea groups is 1. The van der Waals surface area contributed by atoms with Gasteiger partial charge in [-0.1, -0.05) is 0 Å². The molecule has 0 unspecified atom stereocenters. The van der Waals surface area contributed by atoms with Crippen LogP contribution in [0.5, 0.6) is 0 Å². The normalized spacial score (nSPS) is 23.0. The fourth-order valence-corrected chi connectivity index (χ4v) is 2.96. The molecule has 0 spiro atoms. The predicted octanol–water partition coefficient (Wildman–Crippen LogP) is 1.82. The van der Waals surface area contributed by atoms with E-state index in [1.807, 2.05) is 11.4 Å². The third-order valence-electron chi connectivity index (χ3n) is 2.99. The largest absolute Gasteiger partial charge is 0.388 e. The first-order chi connectivity index (χ1) is 8.13. The van der Waals surface area contributed by atoms with Gasteiger partial charge >= 0.3 is 6.03 Å². The van der Waals surface area contributed by atoms with Gasteiger partial charge in [0.1, 0.15) is 0 Å². The number of hydroxylamine groups is 2. The average molecular weight is 256 g/mol. The molecule has 0 saturated heterocycles. The average Bonchev–Trinajstić information content (AvgIpc) is 2.81. The van der Waals surface area contributed by atoms with Crippen molar-refractivity contribution in [3.63, 3.8) is 0 Å². The molecule has 0 radical (unpaired) electrons. The summed E-state index contributed by atoms with van der Waals surface area (Å²) in [5.74, 6) is 0. The van der Waals surface area contributed by atoms with E-state index in [1.54, 1.807) is 7.05 Å². The molecular weight excluding hydrogens is 240 g/mol. The number of aliphatic hydroxyl groups excluding tert-OH is 1. The van der Waals surface area contributed by atoms with Crippen LogP contribution in [0.15, 0.2) is 11.4 Å². The first-order valence-corrected chi connectivity index (χ1v) is 6.35. The SMILES string of the molecule is CON(C)C(=O)N[C@@H]1CC[C@H](O)c2sccc21. The van der Waals surface area contributed by atoms with Crippen LogP contribution in [0.2, 0.25) is 0 Å². The summed E-state index contributed by atoms with van der Waals surface area (Å²) in [6, 6.07) is 1.65. The van der Waals surface area contributed by atoms with E-state index in [0.29, 0.717) is 6.42 Å². The maximum atomic E-state index is 11.7.